The van der Waals surface area contributed by atoms with Crippen molar-refractivity contribution in [3.63, 3.8) is 0 Å². The van der Waals surface area contributed by atoms with Crippen molar-refractivity contribution in [1.82, 2.24) is 19.1 Å². The quantitative estimate of drug-likeness (QED) is 0.201. The lowest BCUT2D eigenvalue weighted by Gasteiger charge is -2.09. The van der Waals surface area contributed by atoms with Crippen molar-refractivity contribution in [1.29, 1.82) is 0 Å². The zero-order valence-corrected chi connectivity index (χ0v) is 24.0. The fourth-order valence-corrected chi connectivity index (χ4v) is 4.18. The van der Waals surface area contributed by atoms with Crippen LogP contribution in [0.3, 0.4) is 0 Å². The van der Waals surface area contributed by atoms with E-state index in [0.717, 1.165) is 0 Å². The Balaban J connectivity index is 1.28. The molecule has 222 valence electrons. The third-order valence-corrected chi connectivity index (χ3v) is 6.63. The summed E-state index contributed by atoms with van der Waals surface area (Å²) >= 11 is 6.35. The average Bonchev–Trinajstić information content (AvgIpc) is 2.96. The molecular formula is C29H28ClN7O6. The highest BCUT2D eigenvalue weighted by Gasteiger charge is 2.09. The second kappa shape index (κ2) is 13.6. The molecule has 0 aliphatic heterocycles. The molecule has 4 N–H and O–H groups in total. The van der Waals surface area contributed by atoms with Crippen LogP contribution in [0.1, 0.15) is 29.5 Å². The number of benzene rings is 2. The minimum Gasteiger partial charge on any atom is -0.326 e. The zero-order chi connectivity index (χ0) is 31.1. The number of halogens is 1. The maximum absolute atomic E-state index is 12.4. The van der Waals surface area contributed by atoms with Gasteiger partial charge in [0.1, 0.15) is 0 Å². The molecule has 0 bridgehead atoms. The first-order valence-electron chi connectivity index (χ1n) is 13.1. The van der Waals surface area contributed by atoms with E-state index in [-0.39, 0.29) is 37.7 Å². The Kier molecular flexibility index (Phi) is 9.68. The summed E-state index contributed by atoms with van der Waals surface area (Å²) < 4.78 is 2.54. The van der Waals surface area contributed by atoms with Gasteiger partial charge in [0, 0.05) is 61.4 Å². The molecule has 4 rings (SSSR count). The van der Waals surface area contributed by atoms with Crippen LogP contribution in [0.25, 0.3) is 0 Å². The van der Waals surface area contributed by atoms with Crippen LogP contribution < -0.4 is 33.1 Å². The first kappa shape index (κ1) is 30.7. The molecule has 0 radical (unpaired) electrons. The number of rotatable bonds is 10. The molecule has 2 aromatic heterocycles. The molecule has 2 amide bonds. The van der Waals surface area contributed by atoms with Gasteiger partial charge in [0.25, 0.3) is 11.1 Å². The number of hydrogen-bond donors (Lipinski definition) is 4. The number of aromatic amines is 2. The Morgan fingerprint density at radius 1 is 0.814 bits per heavy atom. The van der Waals surface area contributed by atoms with Crippen LogP contribution >= 0.6 is 11.6 Å². The molecule has 0 saturated carbocycles. The van der Waals surface area contributed by atoms with E-state index in [1.165, 1.54) is 21.5 Å². The molecule has 43 heavy (non-hydrogen) atoms. The number of H-pyrrole nitrogens is 2. The molecule has 14 heteroatoms. The van der Waals surface area contributed by atoms with Gasteiger partial charge in [-0.2, -0.15) is 0 Å². The van der Waals surface area contributed by atoms with Crippen molar-refractivity contribution in [2.75, 3.05) is 10.6 Å². The molecular weight excluding hydrogens is 578 g/mol. The molecule has 13 nitrogen and oxygen atoms in total. The van der Waals surface area contributed by atoms with E-state index in [2.05, 4.69) is 25.6 Å². The van der Waals surface area contributed by atoms with Gasteiger partial charge in [0.15, 0.2) is 0 Å². The highest BCUT2D eigenvalue weighted by atomic mass is 35.5. The van der Waals surface area contributed by atoms with Crippen LogP contribution in [0, 0.1) is 13.8 Å². The number of aromatic nitrogens is 4. The third-order valence-electron chi connectivity index (χ3n) is 6.32. The Labute approximate surface area is 248 Å². The summed E-state index contributed by atoms with van der Waals surface area (Å²) in [6.45, 7) is 3.36. The highest BCUT2D eigenvalue weighted by molar-refractivity contribution is 6.34. The summed E-state index contributed by atoms with van der Waals surface area (Å²) in [6, 6.07) is 11.8. The number of carbonyl (C=O) groups is 2. The van der Waals surface area contributed by atoms with E-state index in [1.54, 1.807) is 62.5 Å². The van der Waals surface area contributed by atoms with Crippen LogP contribution in [0.15, 0.2) is 79.0 Å². The number of anilines is 2. The Morgan fingerprint density at radius 2 is 1.35 bits per heavy atom. The van der Waals surface area contributed by atoms with E-state index >= 15 is 0 Å². The van der Waals surface area contributed by atoms with Gasteiger partial charge in [-0.15, -0.1) is 0 Å². The van der Waals surface area contributed by atoms with E-state index in [4.69, 9.17) is 11.6 Å². The topological polar surface area (TPSA) is 180 Å². The number of aryl methyl sites for hydroxylation is 4. The van der Waals surface area contributed by atoms with Crippen LogP contribution in [0.2, 0.25) is 5.02 Å². The highest BCUT2D eigenvalue weighted by Crippen LogP contribution is 2.23. The predicted molar refractivity (Wildman–Crippen MR) is 164 cm³/mol. The smallest absolute Gasteiger partial charge is 0.326 e. The lowest BCUT2D eigenvalue weighted by molar-refractivity contribution is -0.117. The van der Waals surface area contributed by atoms with Gasteiger partial charge < -0.3 is 10.6 Å². The van der Waals surface area contributed by atoms with E-state index < -0.39 is 22.5 Å². The summed E-state index contributed by atoms with van der Waals surface area (Å²) in [6.07, 6.45) is 4.46. The normalized spacial score (nSPS) is 11.0. The van der Waals surface area contributed by atoms with Crippen molar-refractivity contribution < 1.29 is 9.59 Å². The Bertz CT molecular complexity index is 1940. The summed E-state index contributed by atoms with van der Waals surface area (Å²) in [5, 5.41) is 5.76. The number of amides is 2. The molecule has 0 spiro atoms. The summed E-state index contributed by atoms with van der Waals surface area (Å²) in [5.74, 6) is -0.652. The molecule has 0 aliphatic carbocycles. The van der Waals surface area contributed by atoms with Gasteiger partial charge in [-0.05, 0) is 55.8 Å². The van der Waals surface area contributed by atoms with Gasteiger partial charge >= 0.3 is 11.4 Å². The van der Waals surface area contributed by atoms with Crippen molar-refractivity contribution in [2.24, 2.45) is 4.99 Å². The second-order valence-electron chi connectivity index (χ2n) is 9.67. The van der Waals surface area contributed by atoms with Gasteiger partial charge in [0.05, 0.1) is 16.4 Å². The fraction of sp³-hybridized carbons (Fsp3) is 0.207. The van der Waals surface area contributed by atoms with Gasteiger partial charge in [-0.3, -0.25) is 43.3 Å². The molecule has 0 aliphatic rings. The van der Waals surface area contributed by atoms with Gasteiger partial charge in [0.2, 0.25) is 11.8 Å². The monoisotopic (exact) mass is 605 g/mol. The standard InChI is InChI=1S/C29H28ClN7O6/c1-17-15-36(28(42)34-26(17)40)11-9-24(38)32-21-6-4-20(5-7-21)31-14-19-3-8-23(22(30)13-19)33-25(39)10-12-37-16-18(2)27(41)35-29(37)43/h3-8,13-16H,9-12H2,1-2H3,(H,32,38)(H,33,39)(H,34,40,42)(H,35,41,43)/b31-14+. The molecule has 0 saturated heterocycles. The van der Waals surface area contributed by atoms with Crippen LogP contribution in [-0.2, 0) is 22.7 Å². The van der Waals surface area contributed by atoms with Crippen LogP contribution in [0.5, 0.6) is 0 Å². The maximum atomic E-state index is 12.4. The predicted octanol–water partition coefficient (Wildman–Crippen LogP) is 2.47. The van der Waals surface area contributed by atoms with E-state index in [0.29, 0.717) is 38.8 Å². The number of carbonyl (C=O) groups excluding carboxylic acids is 2. The maximum Gasteiger partial charge on any atom is 0.328 e. The molecule has 0 atom stereocenters. The molecule has 2 aromatic carbocycles. The SMILES string of the molecule is Cc1cn(CCC(=O)Nc2ccc(/N=C/c3ccc(NC(=O)CCn4cc(C)c(=O)[nH]c4=O)c(Cl)c3)cc2)c(=O)[nH]c1=O. The minimum absolute atomic E-state index is 0.00379. The number of hydrogen-bond acceptors (Lipinski definition) is 7. The molecule has 4 aromatic rings. The molecule has 0 fully saturated rings. The first-order chi connectivity index (χ1) is 20.5. The van der Waals surface area contributed by atoms with Crippen molar-refractivity contribution in [2.45, 2.75) is 39.8 Å². The van der Waals surface area contributed by atoms with Crippen molar-refractivity contribution in [3.8, 4) is 0 Å². The largest absolute Gasteiger partial charge is 0.328 e. The number of nitrogens with zero attached hydrogens (tertiary/aromatic N) is 3. The van der Waals surface area contributed by atoms with Gasteiger partial charge in [-0.25, -0.2) is 9.59 Å². The Hall–Kier alpha value is -5.30. The number of aliphatic imine (C=N–C) groups is 1. The lowest BCUT2D eigenvalue weighted by atomic mass is 10.2. The second-order valence-corrected chi connectivity index (χ2v) is 10.1. The average molecular weight is 606 g/mol. The zero-order valence-electron chi connectivity index (χ0n) is 23.3. The van der Waals surface area contributed by atoms with Crippen LogP contribution in [-0.4, -0.2) is 37.1 Å². The van der Waals surface area contributed by atoms with Crippen molar-refractivity contribution >= 4 is 46.7 Å². The Morgan fingerprint density at radius 3 is 1.88 bits per heavy atom. The lowest BCUT2D eigenvalue weighted by Crippen LogP contribution is -2.31. The summed E-state index contributed by atoms with van der Waals surface area (Å²) in [4.78, 5) is 80.2. The van der Waals surface area contributed by atoms with Crippen LogP contribution in [0.4, 0.5) is 17.1 Å². The molecule has 0 unspecified atom stereocenters. The first-order valence-corrected chi connectivity index (χ1v) is 13.5. The number of nitrogens with one attached hydrogen (secondary N) is 4. The van der Waals surface area contributed by atoms with Gasteiger partial charge in [-0.1, -0.05) is 17.7 Å². The van der Waals surface area contributed by atoms with E-state index in [1.807, 2.05) is 0 Å². The van der Waals surface area contributed by atoms with E-state index in [9.17, 15) is 28.8 Å². The summed E-state index contributed by atoms with van der Waals surface area (Å²) in [7, 11) is 0. The molecule has 2 heterocycles. The van der Waals surface area contributed by atoms with Crippen molar-refractivity contribution in [3.05, 3.63) is 118 Å². The minimum atomic E-state index is -0.585. The fourth-order valence-electron chi connectivity index (χ4n) is 3.94. The summed E-state index contributed by atoms with van der Waals surface area (Å²) in [5.41, 5.74) is 0.932. The third kappa shape index (κ3) is 8.36.